The predicted molar refractivity (Wildman–Crippen MR) is 169 cm³/mol. The van der Waals surface area contributed by atoms with E-state index in [9.17, 15) is 14.7 Å². The fourth-order valence-corrected chi connectivity index (χ4v) is 8.00. The van der Waals surface area contributed by atoms with E-state index in [-0.39, 0.29) is 11.5 Å². The predicted octanol–water partition coefficient (Wildman–Crippen LogP) is 7.07. The smallest absolute Gasteiger partial charge is 0.318 e. The van der Waals surface area contributed by atoms with Crippen LogP contribution in [0.1, 0.15) is 89.9 Å². The molecule has 226 valence electrons. The van der Waals surface area contributed by atoms with E-state index < -0.39 is 22.2 Å². The topological polar surface area (TPSA) is 101 Å². The minimum absolute atomic E-state index is 0.185. The quantitative estimate of drug-likeness (QED) is 0.260. The maximum atomic E-state index is 13.0. The molecule has 6 rings (SSSR count). The number of anilines is 1. The zero-order valence-electron chi connectivity index (χ0n) is 25.9. The molecule has 4 heterocycles. The number of hydrogen-bond acceptors (Lipinski definition) is 6. The van der Waals surface area contributed by atoms with Crippen LogP contribution in [0.15, 0.2) is 51.8 Å². The molecule has 1 saturated heterocycles. The van der Waals surface area contributed by atoms with Crippen molar-refractivity contribution in [3.8, 4) is 5.69 Å². The van der Waals surface area contributed by atoms with E-state index in [4.69, 9.17) is 16.1 Å². The van der Waals surface area contributed by atoms with E-state index >= 15 is 0 Å². The number of benzene rings is 2. The SMILES string of the molecule is CC(C)C(C(=O)O)(c1cc(N2CCC(c3ccc4c(c3)C(C)(C)c3nc(=O)c5c(Cl)cccc5n3-4)CC2)no1)C(C)(C)C. The summed E-state index contributed by atoms with van der Waals surface area (Å²) >= 11 is 6.42. The van der Waals surface area contributed by atoms with E-state index in [1.54, 1.807) is 6.07 Å². The number of halogens is 1. The average Bonchev–Trinajstić information content (AvgIpc) is 3.49. The molecule has 1 unspecified atom stereocenters. The molecule has 1 atom stereocenters. The standard InChI is InChI=1S/C34H39ClN4O4/c1-19(2)34(31(41)42,32(3,4)5)26-18-27(37-43-26)38-15-13-20(14-16-38)21-11-12-24-22(17-21)33(6,7)30-36-29(40)28-23(35)9-8-10-25(28)39(24)30/h8-12,17-20H,13-16H2,1-7H3,(H,41,42). The third kappa shape index (κ3) is 4.24. The second kappa shape index (κ2) is 9.94. The van der Waals surface area contributed by atoms with E-state index in [0.717, 1.165) is 48.5 Å². The van der Waals surface area contributed by atoms with E-state index in [1.165, 1.54) is 5.56 Å². The van der Waals surface area contributed by atoms with Gasteiger partial charge in [-0.1, -0.05) is 69.6 Å². The summed E-state index contributed by atoms with van der Waals surface area (Å²) in [5.74, 6) is 1.10. The highest BCUT2D eigenvalue weighted by molar-refractivity contribution is 6.35. The van der Waals surface area contributed by atoms with Crippen LogP contribution in [0, 0.1) is 11.3 Å². The van der Waals surface area contributed by atoms with E-state index in [0.29, 0.717) is 27.9 Å². The van der Waals surface area contributed by atoms with Gasteiger partial charge in [0.1, 0.15) is 11.2 Å². The van der Waals surface area contributed by atoms with Gasteiger partial charge in [-0.3, -0.25) is 14.2 Å². The van der Waals surface area contributed by atoms with Crippen LogP contribution in [0.3, 0.4) is 0 Å². The van der Waals surface area contributed by atoms with Crippen molar-refractivity contribution in [3.63, 3.8) is 0 Å². The van der Waals surface area contributed by atoms with Crippen LogP contribution in [0.2, 0.25) is 5.02 Å². The highest BCUT2D eigenvalue weighted by Crippen LogP contribution is 2.49. The Hall–Kier alpha value is -3.65. The van der Waals surface area contributed by atoms with Crippen molar-refractivity contribution in [2.24, 2.45) is 11.3 Å². The lowest BCUT2D eigenvalue weighted by atomic mass is 9.59. The minimum atomic E-state index is -1.19. The first-order chi connectivity index (χ1) is 20.2. The van der Waals surface area contributed by atoms with Crippen molar-refractivity contribution < 1.29 is 14.4 Å². The molecule has 0 spiro atoms. The number of carboxylic acids is 1. The third-order valence-electron chi connectivity index (χ3n) is 9.92. The van der Waals surface area contributed by atoms with Crippen LogP contribution >= 0.6 is 11.6 Å². The van der Waals surface area contributed by atoms with Crippen LogP contribution in [0.4, 0.5) is 5.82 Å². The molecule has 2 aliphatic heterocycles. The van der Waals surface area contributed by atoms with Gasteiger partial charge in [0.15, 0.2) is 11.6 Å². The summed E-state index contributed by atoms with van der Waals surface area (Å²) in [6, 6.07) is 14.0. The molecule has 2 aromatic carbocycles. The van der Waals surface area contributed by atoms with Crippen LogP contribution in [0.5, 0.6) is 0 Å². The largest absolute Gasteiger partial charge is 0.480 e. The third-order valence-corrected chi connectivity index (χ3v) is 10.2. The van der Waals surface area contributed by atoms with Crippen molar-refractivity contribution in [2.45, 2.75) is 78.1 Å². The van der Waals surface area contributed by atoms with Crippen molar-refractivity contribution in [1.82, 2.24) is 14.7 Å². The zero-order valence-corrected chi connectivity index (χ0v) is 26.6. The van der Waals surface area contributed by atoms with Gasteiger partial charge in [0.05, 0.1) is 27.0 Å². The molecule has 0 saturated carbocycles. The van der Waals surface area contributed by atoms with Crippen molar-refractivity contribution in [1.29, 1.82) is 0 Å². The molecular weight excluding hydrogens is 564 g/mol. The first kappa shape index (κ1) is 29.4. The number of aromatic nitrogens is 3. The molecule has 0 aliphatic carbocycles. The summed E-state index contributed by atoms with van der Waals surface area (Å²) in [4.78, 5) is 32.3. The Bertz CT molecular complexity index is 1810. The average molecular weight is 603 g/mol. The molecule has 0 radical (unpaired) electrons. The van der Waals surface area contributed by atoms with Gasteiger partial charge in [-0.15, -0.1) is 0 Å². The molecule has 8 nitrogen and oxygen atoms in total. The monoisotopic (exact) mass is 602 g/mol. The first-order valence-corrected chi connectivity index (χ1v) is 15.4. The lowest BCUT2D eigenvalue weighted by molar-refractivity contribution is -0.153. The summed E-state index contributed by atoms with van der Waals surface area (Å²) in [6.45, 7) is 15.5. The van der Waals surface area contributed by atoms with E-state index in [1.807, 2.05) is 52.8 Å². The maximum absolute atomic E-state index is 13.0. The summed E-state index contributed by atoms with van der Waals surface area (Å²) in [5.41, 5.74) is 1.71. The van der Waals surface area contributed by atoms with Crippen LogP contribution < -0.4 is 10.5 Å². The molecule has 4 aromatic rings. The summed E-state index contributed by atoms with van der Waals surface area (Å²) < 4.78 is 7.86. The minimum Gasteiger partial charge on any atom is -0.480 e. The Morgan fingerprint density at radius 2 is 1.81 bits per heavy atom. The molecule has 2 aromatic heterocycles. The number of carbonyl (C=O) groups is 1. The number of nitrogens with zero attached hydrogens (tertiary/aromatic N) is 4. The van der Waals surface area contributed by atoms with E-state index in [2.05, 4.69) is 51.7 Å². The second-order valence-corrected chi connectivity index (χ2v) is 14.3. The van der Waals surface area contributed by atoms with Gasteiger partial charge in [-0.05, 0) is 73.3 Å². The van der Waals surface area contributed by atoms with Crippen molar-refractivity contribution >= 4 is 34.3 Å². The summed E-state index contributed by atoms with van der Waals surface area (Å²) in [7, 11) is 0. The fraction of sp³-hybridized carbons (Fsp3) is 0.471. The second-order valence-electron chi connectivity index (χ2n) is 13.9. The van der Waals surface area contributed by atoms with Gasteiger partial charge in [-0.2, -0.15) is 4.98 Å². The number of piperidine rings is 1. The van der Waals surface area contributed by atoms with Crippen LogP contribution in [-0.4, -0.2) is 38.9 Å². The van der Waals surface area contributed by atoms with Crippen LogP contribution in [-0.2, 0) is 15.6 Å². The van der Waals surface area contributed by atoms with Gasteiger partial charge < -0.3 is 14.5 Å². The molecule has 2 aliphatic rings. The lowest BCUT2D eigenvalue weighted by Crippen LogP contribution is -2.51. The Labute approximate surface area is 256 Å². The molecule has 0 bridgehead atoms. The highest BCUT2D eigenvalue weighted by atomic mass is 35.5. The number of fused-ring (bicyclic) bond motifs is 5. The van der Waals surface area contributed by atoms with Gasteiger partial charge in [0, 0.05) is 19.2 Å². The molecule has 0 amide bonds. The summed E-state index contributed by atoms with van der Waals surface area (Å²) in [5, 5.41) is 15.6. The number of carboxylic acid groups (broad SMARTS) is 1. The molecule has 9 heteroatoms. The van der Waals surface area contributed by atoms with Gasteiger partial charge in [-0.25, -0.2) is 0 Å². The Morgan fingerprint density at radius 3 is 2.44 bits per heavy atom. The molecular formula is C34H39ClN4O4. The van der Waals surface area contributed by atoms with Gasteiger partial charge in [0.25, 0.3) is 5.56 Å². The van der Waals surface area contributed by atoms with Crippen LogP contribution in [0.25, 0.3) is 16.6 Å². The van der Waals surface area contributed by atoms with Gasteiger partial charge in [0.2, 0.25) is 0 Å². The Balaban J connectivity index is 1.27. The highest BCUT2D eigenvalue weighted by Gasteiger charge is 2.55. The van der Waals surface area contributed by atoms with Gasteiger partial charge >= 0.3 is 5.97 Å². The van der Waals surface area contributed by atoms with Crippen molar-refractivity contribution in [2.75, 3.05) is 18.0 Å². The first-order valence-electron chi connectivity index (χ1n) is 15.0. The Morgan fingerprint density at radius 1 is 1.12 bits per heavy atom. The number of aliphatic carboxylic acids is 1. The summed E-state index contributed by atoms with van der Waals surface area (Å²) in [6.07, 6.45) is 1.85. The molecule has 1 N–H and O–H groups in total. The molecule has 43 heavy (non-hydrogen) atoms. The maximum Gasteiger partial charge on any atom is 0.318 e. The molecule has 1 fully saturated rings. The zero-order chi connectivity index (χ0) is 31.1. The fourth-order valence-electron chi connectivity index (χ4n) is 7.75. The Kier molecular flexibility index (Phi) is 6.80. The number of rotatable bonds is 5. The normalized spacial score (nSPS) is 18.1. The van der Waals surface area contributed by atoms with Crippen molar-refractivity contribution in [3.05, 3.63) is 80.6 Å². The number of hydrogen-bond donors (Lipinski definition) is 1. The lowest BCUT2D eigenvalue weighted by Gasteiger charge is -2.42.